The van der Waals surface area contributed by atoms with Crippen LogP contribution in [0.2, 0.25) is 0 Å². The predicted octanol–water partition coefficient (Wildman–Crippen LogP) is 2.57. The molecule has 1 amide bonds. The number of aryl methyl sites for hydroxylation is 2. The lowest BCUT2D eigenvalue weighted by Crippen LogP contribution is -2.25. The molecule has 0 aliphatic heterocycles. The Hall–Kier alpha value is -2.31. The van der Waals surface area contributed by atoms with Gasteiger partial charge in [0, 0.05) is 17.7 Å². The van der Waals surface area contributed by atoms with Crippen molar-refractivity contribution in [3.8, 4) is 0 Å². The Bertz CT molecular complexity index is 664. The summed E-state index contributed by atoms with van der Waals surface area (Å²) >= 11 is 0. The van der Waals surface area contributed by atoms with Crippen molar-refractivity contribution in [3.63, 3.8) is 0 Å². The molecule has 2 aromatic rings. The van der Waals surface area contributed by atoms with Gasteiger partial charge in [-0.05, 0) is 19.9 Å². The number of halogens is 3. The molecule has 0 aliphatic carbocycles. The minimum atomic E-state index is -1.55. The molecule has 21 heavy (non-hydrogen) atoms. The van der Waals surface area contributed by atoms with Gasteiger partial charge in [-0.1, -0.05) is 11.2 Å². The average Bonchev–Trinajstić information content (AvgIpc) is 2.76. The highest BCUT2D eigenvalue weighted by molar-refractivity contribution is 5.79. The number of benzene rings is 1. The Morgan fingerprint density at radius 3 is 2.57 bits per heavy atom. The monoisotopic (exact) mass is 298 g/mol. The van der Waals surface area contributed by atoms with Crippen molar-refractivity contribution < 1.29 is 22.5 Å². The maximum Gasteiger partial charge on any atom is 0.224 e. The summed E-state index contributed by atoms with van der Waals surface area (Å²) in [4.78, 5) is 11.8. The minimum Gasteiger partial charge on any atom is -0.361 e. The van der Waals surface area contributed by atoms with Crippen LogP contribution in [-0.4, -0.2) is 11.1 Å². The van der Waals surface area contributed by atoms with Crippen LogP contribution < -0.4 is 5.32 Å². The van der Waals surface area contributed by atoms with Gasteiger partial charge in [-0.15, -0.1) is 0 Å². The van der Waals surface area contributed by atoms with Gasteiger partial charge in [0.2, 0.25) is 5.91 Å². The predicted molar refractivity (Wildman–Crippen MR) is 67.8 cm³/mol. The zero-order chi connectivity index (χ0) is 15.6. The summed E-state index contributed by atoms with van der Waals surface area (Å²) in [7, 11) is 0. The summed E-state index contributed by atoms with van der Waals surface area (Å²) < 4.78 is 44.2. The Labute approximate surface area is 118 Å². The molecule has 0 bridgehead atoms. The third-order valence-electron chi connectivity index (χ3n) is 3.11. The van der Waals surface area contributed by atoms with Crippen molar-refractivity contribution in [1.29, 1.82) is 0 Å². The Balaban J connectivity index is 2.01. The Morgan fingerprint density at radius 1 is 1.24 bits per heavy atom. The zero-order valence-corrected chi connectivity index (χ0v) is 11.5. The normalized spacial score (nSPS) is 10.7. The van der Waals surface area contributed by atoms with Gasteiger partial charge < -0.3 is 9.84 Å². The van der Waals surface area contributed by atoms with Gasteiger partial charge in [0.15, 0.2) is 17.5 Å². The van der Waals surface area contributed by atoms with Crippen LogP contribution in [0.1, 0.15) is 22.6 Å². The van der Waals surface area contributed by atoms with Crippen LogP contribution in [0.3, 0.4) is 0 Å². The number of carbonyl (C=O) groups is 1. The number of amides is 1. The number of carbonyl (C=O) groups excluding carboxylic acids is 1. The topological polar surface area (TPSA) is 55.1 Å². The van der Waals surface area contributed by atoms with E-state index in [2.05, 4.69) is 10.5 Å². The number of nitrogens with zero attached hydrogens (tertiary/aromatic N) is 1. The lowest BCUT2D eigenvalue weighted by Gasteiger charge is -2.07. The van der Waals surface area contributed by atoms with E-state index in [1.165, 1.54) is 0 Å². The Kier molecular flexibility index (Phi) is 4.30. The van der Waals surface area contributed by atoms with Crippen LogP contribution in [-0.2, 0) is 17.8 Å². The molecule has 0 atom stereocenters. The van der Waals surface area contributed by atoms with E-state index in [0.717, 1.165) is 12.1 Å². The fraction of sp³-hybridized carbons (Fsp3) is 0.286. The van der Waals surface area contributed by atoms with E-state index in [9.17, 15) is 18.0 Å². The molecule has 1 aromatic heterocycles. The van der Waals surface area contributed by atoms with Crippen LogP contribution in [0.4, 0.5) is 13.2 Å². The van der Waals surface area contributed by atoms with E-state index in [1.54, 1.807) is 13.8 Å². The smallest absolute Gasteiger partial charge is 0.224 e. The number of hydrogen-bond donors (Lipinski definition) is 1. The standard InChI is InChI=1S/C14H13F3N2O2/c1-7-10(8(2)21-19-7)5-12(20)18-6-9-3-4-11(15)14(17)13(9)16/h3-4H,5-6H2,1-2H3,(H,18,20). The molecular formula is C14H13F3N2O2. The van der Waals surface area contributed by atoms with E-state index >= 15 is 0 Å². The molecule has 0 saturated carbocycles. The lowest BCUT2D eigenvalue weighted by molar-refractivity contribution is -0.120. The van der Waals surface area contributed by atoms with E-state index in [4.69, 9.17) is 4.52 Å². The maximum atomic E-state index is 13.4. The molecule has 4 nitrogen and oxygen atoms in total. The van der Waals surface area contributed by atoms with Gasteiger partial charge in [-0.2, -0.15) is 0 Å². The van der Waals surface area contributed by atoms with Crippen molar-refractivity contribution in [2.24, 2.45) is 0 Å². The molecule has 1 N–H and O–H groups in total. The number of aromatic nitrogens is 1. The van der Waals surface area contributed by atoms with E-state index in [1.807, 2.05) is 0 Å². The summed E-state index contributed by atoms with van der Waals surface area (Å²) in [6.45, 7) is 3.15. The molecule has 0 saturated heterocycles. The molecule has 1 aromatic carbocycles. The number of nitrogens with one attached hydrogen (secondary N) is 1. The molecule has 0 fully saturated rings. The van der Waals surface area contributed by atoms with Crippen LogP contribution in [0, 0.1) is 31.3 Å². The van der Waals surface area contributed by atoms with E-state index in [0.29, 0.717) is 17.0 Å². The SMILES string of the molecule is Cc1noc(C)c1CC(=O)NCc1ccc(F)c(F)c1F. The fourth-order valence-corrected chi connectivity index (χ4v) is 1.87. The average molecular weight is 298 g/mol. The van der Waals surface area contributed by atoms with Crippen LogP contribution in [0.5, 0.6) is 0 Å². The molecule has 7 heteroatoms. The van der Waals surface area contributed by atoms with E-state index in [-0.39, 0.29) is 18.5 Å². The van der Waals surface area contributed by atoms with Crippen molar-refractivity contribution >= 4 is 5.91 Å². The van der Waals surface area contributed by atoms with Crippen LogP contribution >= 0.6 is 0 Å². The molecule has 1 heterocycles. The van der Waals surface area contributed by atoms with Gasteiger partial charge in [0.25, 0.3) is 0 Å². The van der Waals surface area contributed by atoms with Crippen LogP contribution in [0.25, 0.3) is 0 Å². The number of hydrogen-bond acceptors (Lipinski definition) is 3. The summed E-state index contributed by atoms with van der Waals surface area (Å²) in [5.41, 5.74) is 1.13. The highest BCUT2D eigenvalue weighted by atomic mass is 19.2. The summed E-state index contributed by atoms with van der Waals surface area (Å²) in [5, 5.41) is 6.16. The second-order valence-corrected chi connectivity index (χ2v) is 4.59. The summed E-state index contributed by atoms with van der Waals surface area (Å²) in [5.74, 6) is -3.98. The van der Waals surface area contributed by atoms with Gasteiger partial charge >= 0.3 is 0 Å². The van der Waals surface area contributed by atoms with E-state index < -0.39 is 23.4 Å². The van der Waals surface area contributed by atoms with Crippen molar-refractivity contribution in [1.82, 2.24) is 10.5 Å². The van der Waals surface area contributed by atoms with Gasteiger partial charge in [0.1, 0.15) is 5.76 Å². The van der Waals surface area contributed by atoms with Gasteiger partial charge in [-0.25, -0.2) is 13.2 Å². The van der Waals surface area contributed by atoms with Crippen molar-refractivity contribution in [2.75, 3.05) is 0 Å². The fourth-order valence-electron chi connectivity index (χ4n) is 1.87. The second kappa shape index (κ2) is 5.99. The molecule has 2 rings (SSSR count). The Morgan fingerprint density at radius 2 is 1.95 bits per heavy atom. The first-order chi connectivity index (χ1) is 9.90. The third-order valence-corrected chi connectivity index (χ3v) is 3.11. The first kappa shape index (κ1) is 15.1. The number of rotatable bonds is 4. The molecule has 0 aliphatic rings. The molecule has 0 radical (unpaired) electrons. The van der Waals surface area contributed by atoms with Crippen molar-refractivity contribution in [3.05, 3.63) is 52.2 Å². The van der Waals surface area contributed by atoms with Crippen molar-refractivity contribution in [2.45, 2.75) is 26.8 Å². The maximum absolute atomic E-state index is 13.4. The molecule has 0 unspecified atom stereocenters. The quantitative estimate of drug-likeness (QED) is 0.883. The first-order valence-corrected chi connectivity index (χ1v) is 6.21. The highest BCUT2D eigenvalue weighted by Gasteiger charge is 2.16. The largest absolute Gasteiger partial charge is 0.361 e. The zero-order valence-electron chi connectivity index (χ0n) is 11.5. The molecular weight excluding hydrogens is 285 g/mol. The summed E-state index contributed by atoms with van der Waals surface area (Å²) in [6.07, 6.45) is 0.0203. The first-order valence-electron chi connectivity index (χ1n) is 6.21. The van der Waals surface area contributed by atoms with Crippen LogP contribution in [0.15, 0.2) is 16.7 Å². The third kappa shape index (κ3) is 3.24. The summed E-state index contributed by atoms with van der Waals surface area (Å²) in [6, 6.07) is 1.90. The minimum absolute atomic E-state index is 0.0203. The van der Waals surface area contributed by atoms with Gasteiger partial charge in [-0.3, -0.25) is 4.79 Å². The highest BCUT2D eigenvalue weighted by Crippen LogP contribution is 2.15. The molecule has 112 valence electrons. The second-order valence-electron chi connectivity index (χ2n) is 4.59. The van der Waals surface area contributed by atoms with Gasteiger partial charge in [0.05, 0.1) is 12.1 Å². The molecule has 0 spiro atoms. The lowest BCUT2D eigenvalue weighted by atomic mass is 10.1.